The van der Waals surface area contributed by atoms with Crippen LogP contribution in [0.2, 0.25) is 5.02 Å². The van der Waals surface area contributed by atoms with E-state index in [1.165, 1.54) is 16.4 Å². The first-order chi connectivity index (χ1) is 15.4. The smallest absolute Gasteiger partial charge is 0.254 e. The molecule has 0 aromatic heterocycles. The van der Waals surface area contributed by atoms with Crippen molar-refractivity contribution in [2.24, 2.45) is 0 Å². The van der Waals surface area contributed by atoms with Gasteiger partial charge in [0.05, 0.1) is 5.02 Å². The third-order valence-corrected chi connectivity index (χ3v) is 7.96. The molecule has 1 aliphatic rings. The Morgan fingerprint density at radius 1 is 0.844 bits per heavy atom. The molecule has 166 valence electrons. The standard InChI is InChI=1S/C25H25ClN2O3S/c26-23-14-13-22(17-24(23)32(30,31)28-15-7-8-16-28)25(29)27(18-20-9-3-1-4-10-20)19-21-11-5-2-6-12-21/h1-6,9-14,17H,7-8,15-16,18-19H2. The molecule has 1 fully saturated rings. The number of carbonyl (C=O) groups is 1. The van der Waals surface area contributed by atoms with Crippen molar-refractivity contribution in [1.82, 2.24) is 9.21 Å². The average molecular weight is 469 g/mol. The summed E-state index contributed by atoms with van der Waals surface area (Å²) in [5, 5.41) is 0.131. The van der Waals surface area contributed by atoms with E-state index < -0.39 is 10.0 Å². The van der Waals surface area contributed by atoms with Gasteiger partial charge in [0.1, 0.15) is 4.90 Å². The molecule has 0 saturated carbocycles. The van der Waals surface area contributed by atoms with Gasteiger partial charge in [0.15, 0.2) is 0 Å². The molecule has 3 aromatic rings. The molecule has 0 aliphatic carbocycles. The molecule has 1 heterocycles. The number of nitrogens with zero attached hydrogens (tertiary/aromatic N) is 2. The van der Waals surface area contributed by atoms with Gasteiger partial charge in [0.2, 0.25) is 10.0 Å². The van der Waals surface area contributed by atoms with Crippen molar-refractivity contribution in [3.05, 3.63) is 101 Å². The molecule has 5 nitrogen and oxygen atoms in total. The number of amides is 1. The van der Waals surface area contributed by atoms with Gasteiger partial charge in [-0.15, -0.1) is 0 Å². The second-order valence-electron chi connectivity index (χ2n) is 7.89. The molecular formula is C25H25ClN2O3S. The van der Waals surface area contributed by atoms with Crippen LogP contribution in [-0.2, 0) is 23.1 Å². The van der Waals surface area contributed by atoms with Crippen LogP contribution in [0, 0.1) is 0 Å². The zero-order chi connectivity index (χ0) is 22.6. The van der Waals surface area contributed by atoms with Crippen LogP contribution in [0.1, 0.15) is 34.3 Å². The number of sulfonamides is 1. The minimum absolute atomic E-state index is 0.00807. The Kier molecular flexibility index (Phi) is 6.94. The number of benzene rings is 3. The van der Waals surface area contributed by atoms with Crippen LogP contribution in [0.3, 0.4) is 0 Å². The number of halogens is 1. The largest absolute Gasteiger partial charge is 0.330 e. The molecule has 0 spiro atoms. The Hall–Kier alpha value is -2.67. The van der Waals surface area contributed by atoms with Crippen molar-refractivity contribution in [2.75, 3.05) is 13.1 Å². The van der Waals surface area contributed by atoms with Crippen molar-refractivity contribution in [2.45, 2.75) is 30.8 Å². The van der Waals surface area contributed by atoms with Gasteiger partial charge in [-0.1, -0.05) is 72.3 Å². The van der Waals surface area contributed by atoms with E-state index in [1.54, 1.807) is 11.0 Å². The molecule has 0 unspecified atom stereocenters. The fraction of sp³-hybridized carbons (Fsp3) is 0.240. The summed E-state index contributed by atoms with van der Waals surface area (Å²) in [6, 6.07) is 24.0. The van der Waals surface area contributed by atoms with Crippen molar-refractivity contribution < 1.29 is 13.2 Å². The fourth-order valence-corrected chi connectivity index (χ4v) is 5.91. The number of hydrogen-bond donors (Lipinski definition) is 0. The second kappa shape index (κ2) is 9.86. The maximum atomic E-state index is 13.5. The van der Waals surface area contributed by atoms with Gasteiger partial charge in [-0.3, -0.25) is 4.79 Å². The summed E-state index contributed by atoms with van der Waals surface area (Å²) >= 11 is 6.27. The molecular weight excluding hydrogens is 444 g/mol. The highest BCUT2D eigenvalue weighted by Gasteiger charge is 2.30. The maximum absolute atomic E-state index is 13.5. The van der Waals surface area contributed by atoms with E-state index in [1.807, 2.05) is 60.7 Å². The summed E-state index contributed by atoms with van der Waals surface area (Å²) in [4.78, 5) is 15.3. The first-order valence-electron chi connectivity index (χ1n) is 10.6. The van der Waals surface area contributed by atoms with Crippen LogP contribution in [0.15, 0.2) is 83.8 Å². The molecule has 4 rings (SSSR count). The number of hydrogen-bond acceptors (Lipinski definition) is 3. The minimum atomic E-state index is -3.74. The van der Waals surface area contributed by atoms with E-state index in [0.29, 0.717) is 31.7 Å². The number of carbonyl (C=O) groups excluding carboxylic acids is 1. The molecule has 0 bridgehead atoms. The summed E-state index contributed by atoms with van der Waals surface area (Å²) in [7, 11) is -3.74. The van der Waals surface area contributed by atoms with Crippen molar-refractivity contribution >= 4 is 27.5 Å². The summed E-state index contributed by atoms with van der Waals surface area (Å²) in [5.41, 5.74) is 2.30. The average Bonchev–Trinajstić information content (AvgIpc) is 3.36. The van der Waals surface area contributed by atoms with Crippen LogP contribution >= 0.6 is 11.6 Å². The van der Waals surface area contributed by atoms with Crippen LogP contribution in [0.5, 0.6) is 0 Å². The third kappa shape index (κ3) is 5.04. The van der Waals surface area contributed by atoms with Gasteiger partial charge < -0.3 is 4.90 Å². The topological polar surface area (TPSA) is 57.7 Å². The second-order valence-corrected chi connectivity index (χ2v) is 10.2. The highest BCUT2D eigenvalue weighted by atomic mass is 35.5. The lowest BCUT2D eigenvalue weighted by Gasteiger charge is -2.24. The quantitative estimate of drug-likeness (QED) is 0.492. The Morgan fingerprint density at radius 3 is 1.91 bits per heavy atom. The SMILES string of the molecule is O=C(c1ccc(Cl)c(S(=O)(=O)N2CCCC2)c1)N(Cc1ccccc1)Cc1ccccc1. The van der Waals surface area contributed by atoms with E-state index in [0.717, 1.165) is 24.0 Å². The zero-order valence-corrected chi connectivity index (χ0v) is 19.2. The molecule has 32 heavy (non-hydrogen) atoms. The Balaban J connectivity index is 1.67. The summed E-state index contributed by atoms with van der Waals surface area (Å²) in [6.07, 6.45) is 1.66. The first kappa shape index (κ1) is 22.5. The van der Waals surface area contributed by atoms with Crippen LogP contribution < -0.4 is 0 Å². The molecule has 0 N–H and O–H groups in total. The van der Waals surface area contributed by atoms with Crippen LogP contribution in [0.4, 0.5) is 0 Å². The normalized spacial score (nSPS) is 14.4. The van der Waals surface area contributed by atoms with Gasteiger partial charge in [-0.25, -0.2) is 8.42 Å². The van der Waals surface area contributed by atoms with E-state index in [2.05, 4.69) is 0 Å². The molecule has 0 atom stereocenters. The maximum Gasteiger partial charge on any atom is 0.254 e. The molecule has 7 heteroatoms. The van der Waals surface area contributed by atoms with Crippen molar-refractivity contribution in [3.8, 4) is 0 Å². The Morgan fingerprint density at radius 2 is 1.38 bits per heavy atom. The highest BCUT2D eigenvalue weighted by Crippen LogP contribution is 2.29. The molecule has 1 aliphatic heterocycles. The third-order valence-electron chi connectivity index (χ3n) is 5.58. The van der Waals surface area contributed by atoms with E-state index in [-0.39, 0.29) is 15.8 Å². The van der Waals surface area contributed by atoms with Gasteiger partial charge in [-0.05, 0) is 42.2 Å². The Labute approximate surface area is 194 Å². The lowest BCUT2D eigenvalue weighted by atomic mass is 10.1. The van der Waals surface area contributed by atoms with Crippen molar-refractivity contribution in [3.63, 3.8) is 0 Å². The fourth-order valence-electron chi connectivity index (χ4n) is 3.89. The predicted molar refractivity (Wildman–Crippen MR) is 126 cm³/mol. The van der Waals surface area contributed by atoms with E-state index >= 15 is 0 Å². The zero-order valence-electron chi connectivity index (χ0n) is 17.7. The highest BCUT2D eigenvalue weighted by molar-refractivity contribution is 7.89. The van der Waals surface area contributed by atoms with Crippen LogP contribution in [0.25, 0.3) is 0 Å². The molecule has 3 aromatic carbocycles. The lowest BCUT2D eigenvalue weighted by molar-refractivity contribution is 0.0730. The lowest BCUT2D eigenvalue weighted by Crippen LogP contribution is -2.31. The molecule has 1 saturated heterocycles. The van der Waals surface area contributed by atoms with Gasteiger partial charge in [0, 0.05) is 31.7 Å². The molecule has 1 amide bonds. The Bertz CT molecular complexity index is 1140. The summed E-state index contributed by atoms with van der Waals surface area (Å²) in [5.74, 6) is -0.243. The number of rotatable bonds is 7. The molecule has 0 radical (unpaired) electrons. The first-order valence-corrected chi connectivity index (χ1v) is 12.4. The monoisotopic (exact) mass is 468 g/mol. The van der Waals surface area contributed by atoms with Crippen LogP contribution in [-0.4, -0.2) is 36.6 Å². The summed E-state index contributed by atoms with van der Waals surface area (Å²) < 4.78 is 27.6. The predicted octanol–water partition coefficient (Wildman–Crippen LogP) is 4.97. The van der Waals surface area contributed by atoms with Gasteiger partial charge in [-0.2, -0.15) is 4.31 Å². The minimum Gasteiger partial charge on any atom is -0.330 e. The van der Waals surface area contributed by atoms with E-state index in [9.17, 15) is 13.2 Å². The van der Waals surface area contributed by atoms with Gasteiger partial charge >= 0.3 is 0 Å². The van der Waals surface area contributed by atoms with Gasteiger partial charge in [0.25, 0.3) is 5.91 Å². The van der Waals surface area contributed by atoms with E-state index in [4.69, 9.17) is 11.6 Å². The summed E-state index contributed by atoms with van der Waals surface area (Å²) in [6.45, 7) is 1.77. The van der Waals surface area contributed by atoms with Crippen molar-refractivity contribution in [1.29, 1.82) is 0 Å².